The van der Waals surface area contributed by atoms with Gasteiger partial charge in [-0.2, -0.15) is 5.10 Å². The SMILES string of the molecule is COC(=O)C[C@H](c1cnn(C(C)C)c1)c1c(O)cc(C)n(CCc2ccc(O)c(O)c2)c1=O. The van der Waals surface area contributed by atoms with E-state index in [2.05, 4.69) is 5.10 Å². The number of rotatable bonds is 8. The number of carbonyl (C=O) groups is 1. The molecule has 2 aromatic heterocycles. The van der Waals surface area contributed by atoms with Gasteiger partial charge in [-0.15, -0.1) is 0 Å². The van der Waals surface area contributed by atoms with E-state index in [9.17, 15) is 24.9 Å². The van der Waals surface area contributed by atoms with Crippen LogP contribution in [0.4, 0.5) is 0 Å². The summed E-state index contributed by atoms with van der Waals surface area (Å²) in [5, 5.41) is 34.3. The number of pyridine rings is 1. The van der Waals surface area contributed by atoms with E-state index in [1.165, 1.54) is 29.9 Å². The maximum Gasteiger partial charge on any atom is 0.306 e. The fraction of sp³-hybridized carbons (Fsp3) is 0.375. The third-order valence-electron chi connectivity index (χ3n) is 5.69. The van der Waals surface area contributed by atoms with Gasteiger partial charge in [-0.25, -0.2) is 0 Å². The molecule has 1 aromatic carbocycles. The number of phenols is 2. The van der Waals surface area contributed by atoms with E-state index >= 15 is 0 Å². The van der Waals surface area contributed by atoms with Gasteiger partial charge in [0.25, 0.3) is 5.56 Å². The van der Waals surface area contributed by atoms with Gasteiger partial charge in [0.2, 0.25) is 0 Å². The highest BCUT2D eigenvalue weighted by Gasteiger charge is 2.28. The lowest BCUT2D eigenvalue weighted by molar-refractivity contribution is -0.140. The largest absolute Gasteiger partial charge is 0.507 e. The van der Waals surface area contributed by atoms with Crippen molar-refractivity contribution in [3.05, 3.63) is 69.4 Å². The summed E-state index contributed by atoms with van der Waals surface area (Å²) in [5.41, 5.74) is 1.60. The summed E-state index contributed by atoms with van der Waals surface area (Å²) in [6, 6.07) is 6.08. The molecule has 0 aliphatic rings. The topological polar surface area (TPSA) is 127 Å². The van der Waals surface area contributed by atoms with Crippen LogP contribution in [0.25, 0.3) is 0 Å². The highest BCUT2D eigenvalue weighted by atomic mass is 16.5. The molecule has 9 nitrogen and oxygen atoms in total. The summed E-state index contributed by atoms with van der Waals surface area (Å²) < 4.78 is 8.08. The maximum absolute atomic E-state index is 13.5. The number of benzene rings is 1. The molecule has 0 saturated carbocycles. The van der Waals surface area contributed by atoms with Crippen LogP contribution in [0.2, 0.25) is 0 Å². The predicted octanol–water partition coefficient (Wildman–Crippen LogP) is 2.99. The zero-order valence-electron chi connectivity index (χ0n) is 19.1. The number of methoxy groups -OCH3 is 1. The quantitative estimate of drug-likeness (QED) is 0.352. The number of aryl methyl sites for hydroxylation is 2. The normalized spacial score (nSPS) is 12.2. The van der Waals surface area contributed by atoms with Gasteiger partial charge in [-0.05, 0) is 56.5 Å². The van der Waals surface area contributed by atoms with Crippen LogP contribution < -0.4 is 5.56 Å². The number of ether oxygens (including phenoxy) is 1. The minimum Gasteiger partial charge on any atom is -0.507 e. The van der Waals surface area contributed by atoms with Crippen LogP contribution in [0.5, 0.6) is 17.2 Å². The number of aromatic hydroxyl groups is 3. The van der Waals surface area contributed by atoms with Crippen LogP contribution in [0.1, 0.15) is 54.6 Å². The third kappa shape index (κ3) is 5.19. The van der Waals surface area contributed by atoms with Gasteiger partial charge >= 0.3 is 5.97 Å². The molecule has 0 spiro atoms. The molecule has 0 aliphatic heterocycles. The first-order chi connectivity index (χ1) is 15.6. The van der Waals surface area contributed by atoms with Crippen LogP contribution in [-0.2, 0) is 22.5 Å². The Balaban J connectivity index is 2.03. The number of aromatic nitrogens is 3. The van der Waals surface area contributed by atoms with Gasteiger partial charge in [0.05, 0.1) is 25.3 Å². The summed E-state index contributed by atoms with van der Waals surface area (Å²) in [5.74, 6) is -1.89. The first-order valence-corrected chi connectivity index (χ1v) is 10.7. The van der Waals surface area contributed by atoms with Crippen LogP contribution in [0.15, 0.2) is 41.5 Å². The van der Waals surface area contributed by atoms with Crippen molar-refractivity contribution >= 4 is 5.97 Å². The Hall–Kier alpha value is -3.75. The average Bonchev–Trinajstić information content (AvgIpc) is 3.25. The van der Waals surface area contributed by atoms with Gasteiger partial charge < -0.3 is 24.6 Å². The Labute approximate surface area is 191 Å². The molecular weight excluding hydrogens is 426 g/mol. The molecule has 3 aromatic rings. The van der Waals surface area contributed by atoms with Crippen LogP contribution in [-0.4, -0.2) is 42.7 Å². The molecule has 2 heterocycles. The van der Waals surface area contributed by atoms with Gasteiger partial charge in [0.1, 0.15) is 5.75 Å². The van der Waals surface area contributed by atoms with Crippen molar-refractivity contribution in [3.8, 4) is 17.2 Å². The lowest BCUT2D eigenvalue weighted by Crippen LogP contribution is -2.29. The van der Waals surface area contributed by atoms with Crippen molar-refractivity contribution in [2.45, 2.75) is 52.1 Å². The zero-order chi connectivity index (χ0) is 24.3. The molecule has 176 valence electrons. The van der Waals surface area contributed by atoms with Crippen molar-refractivity contribution in [2.75, 3.05) is 7.11 Å². The van der Waals surface area contributed by atoms with Gasteiger partial charge in [-0.3, -0.25) is 14.3 Å². The minimum atomic E-state index is -0.734. The Bertz CT molecular complexity index is 1210. The molecule has 1 atom stereocenters. The molecule has 0 bridgehead atoms. The number of hydrogen-bond acceptors (Lipinski definition) is 7. The lowest BCUT2D eigenvalue weighted by atomic mass is 9.90. The van der Waals surface area contributed by atoms with Gasteiger partial charge in [0, 0.05) is 30.4 Å². The zero-order valence-corrected chi connectivity index (χ0v) is 19.1. The molecule has 3 N–H and O–H groups in total. The van der Waals surface area contributed by atoms with Crippen LogP contribution >= 0.6 is 0 Å². The Morgan fingerprint density at radius 1 is 1.12 bits per heavy atom. The summed E-state index contributed by atoms with van der Waals surface area (Å²) in [6.07, 6.45) is 3.64. The smallest absolute Gasteiger partial charge is 0.306 e. The third-order valence-corrected chi connectivity index (χ3v) is 5.69. The monoisotopic (exact) mass is 455 g/mol. The van der Waals surface area contributed by atoms with E-state index < -0.39 is 17.4 Å². The number of hydrogen-bond donors (Lipinski definition) is 3. The molecule has 0 amide bonds. The van der Waals surface area contributed by atoms with Crippen molar-refractivity contribution in [1.29, 1.82) is 0 Å². The maximum atomic E-state index is 13.5. The molecule has 9 heteroatoms. The molecule has 0 fully saturated rings. The number of phenolic OH excluding ortho intramolecular Hbond substituents is 2. The van der Waals surface area contributed by atoms with E-state index in [1.54, 1.807) is 30.1 Å². The van der Waals surface area contributed by atoms with E-state index in [1.807, 2.05) is 13.8 Å². The Kier molecular flexibility index (Phi) is 7.10. The molecule has 0 radical (unpaired) electrons. The van der Waals surface area contributed by atoms with E-state index in [-0.39, 0.29) is 41.8 Å². The summed E-state index contributed by atoms with van der Waals surface area (Å²) in [4.78, 5) is 25.7. The summed E-state index contributed by atoms with van der Waals surface area (Å²) >= 11 is 0. The fourth-order valence-electron chi connectivity index (χ4n) is 3.79. The van der Waals surface area contributed by atoms with Crippen LogP contribution in [0.3, 0.4) is 0 Å². The number of carbonyl (C=O) groups excluding carboxylic acids is 1. The van der Waals surface area contributed by atoms with Gasteiger partial charge in [-0.1, -0.05) is 6.07 Å². The second-order valence-corrected chi connectivity index (χ2v) is 8.29. The highest BCUT2D eigenvalue weighted by Crippen LogP contribution is 2.33. The predicted molar refractivity (Wildman–Crippen MR) is 122 cm³/mol. The van der Waals surface area contributed by atoms with E-state index in [0.29, 0.717) is 17.7 Å². The standard InChI is InChI=1S/C24H29N3O6/c1-14(2)27-13-17(12-25-27)18(11-22(31)33-4)23-21(30)9-15(3)26(24(23)32)8-7-16-5-6-19(28)20(29)10-16/h5-6,9-10,12-14,18,28-30H,7-8,11H2,1-4H3/t18-/m1/s1. The number of esters is 1. The van der Waals surface area contributed by atoms with Crippen LogP contribution in [0, 0.1) is 6.92 Å². The molecule has 33 heavy (non-hydrogen) atoms. The molecule has 3 rings (SSSR count). The molecule has 0 unspecified atom stereocenters. The number of nitrogens with zero attached hydrogens (tertiary/aromatic N) is 3. The van der Waals surface area contributed by atoms with Crippen molar-refractivity contribution in [3.63, 3.8) is 0 Å². The van der Waals surface area contributed by atoms with E-state index in [0.717, 1.165) is 5.56 Å². The van der Waals surface area contributed by atoms with Gasteiger partial charge in [0.15, 0.2) is 11.5 Å². The summed E-state index contributed by atoms with van der Waals surface area (Å²) in [7, 11) is 1.28. The minimum absolute atomic E-state index is 0.0857. The highest BCUT2D eigenvalue weighted by molar-refractivity contribution is 5.71. The van der Waals surface area contributed by atoms with Crippen molar-refractivity contribution < 1.29 is 24.9 Å². The second-order valence-electron chi connectivity index (χ2n) is 8.29. The molecule has 0 saturated heterocycles. The Morgan fingerprint density at radius 2 is 1.85 bits per heavy atom. The summed E-state index contributed by atoms with van der Waals surface area (Å²) in [6.45, 7) is 5.91. The van der Waals surface area contributed by atoms with Crippen molar-refractivity contribution in [2.24, 2.45) is 0 Å². The first kappa shape index (κ1) is 23.9. The van der Waals surface area contributed by atoms with E-state index in [4.69, 9.17) is 4.74 Å². The molecule has 0 aliphatic carbocycles. The lowest BCUT2D eigenvalue weighted by Gasteiger charge is -2.19. The average molecular weight is 456 g/mol. The second kappa shape index (κ2) is 9.81. The Morgan fingerprint density at radius 3 is 2.45 bits per heavy atom. The molecular formula is C24H29N3O6. The fourth-order valence-corrected chi connectivity index (χ4v) is 3.79. The van der Waals surface area contributed by atoms with Crippen molar-refractivity contribution in [1.82, 2.24) is 14.3 Å². The first-order valence-electron chi connectivity index (χ1n) is 10.7.